The van der Waals surface area contributed by atoms with Gasteiger partial charge in [-0.05, 0) is 19.4 Å². The van der Waals surface area contributed by atoms with Gasteiger partial charge in [-0.1, -0.05) is 23.8 Å². The van der Waals surface area contributed by atoms with Crippen molar-refractivity contribution in [3.63, 3.8) is 0 Å². The third-order valence-corrected chi connectivity index (χ3v) is 2.80. The molecule has 1 aliphatic rings. The van der Waals surface area contributed by atoms with Crippen molar-refractivity contribution in [2.75, 3.05) is 6.54 Å². The molecule has 1 atom stereocenters. The second kappa shape index (κ2) is 4.10. The molecule has 0 aliphatic carbocycles. The number of aliphatic hydroxyl groups is 1. The van der Waals surface area contributed by atoms with Crippen molar-refractivity contribution in [3.8, 4) is 0 Å². The molecule has 16 heavy (non-hydrogen) atoms. The molecule has 0 spiro atoms. The lowest BCUT2D eigenvalue weighted by atomic mass is 10.1. The maximum absolute atomic E-state index is 12.0. The van der Waals surface area contributed by atoms with Crippen molar-refractivity contribution in [2.45, 2.75) is 19.6 Å². The van der Waals surface area contributed by atoms with Crippen LogP contribution in [0.3, 0.4) is 0 Å². The summed E-state index contributed by atoms with van der Waals surface area (Å²) in [5.41, 5.74) is 2.32. The number of rotatable bonds is 3. The van der Waals surface area contributed by atoms with Crippen molar-refractivity contribution in [2.24, 2.45) is 0 Å². The van der Waals surface area contributed by atoms with E-state index in [1.54, 1.807) is 12.1 Å². The van der Waals surface area contributed by atoms with Crippen LogP contribution in [-0.2, 0) is 0 Å². The first kappa shape index (κ1) is 10.9. The summed E-state index contributed by atoms with van der Waals surface area (Å²) in [5.74, 6) is -0.0932. The van der Waals surface area contributed by atoms with Gasteiger partial charge in [-0.25, -0.2) is 0 Å². The lowest BCUT2D eigenvalue weighted by Crippen LogP contribution is -2.29. The Morgan fingerprint density at radius 3 is 2.81 bits per heavy atom. The molecular formula is C13H15NO2. The van der Waals surface area contributed by atoms with Gasteiger partial charge in [0.15, 0.2) is 6.23 Å². The van der Waals surface area contributed by atoms with Gasteiger partial charge in [0, 0.05) is 17.7 Å². The van der Waals surface area contributed by atoms with Crippen LogP contribution in [0.1, 0.15) is 35.5 Å². The minimum absolute atomic E-state index is 0.0932. The largest absolute Gasteiger partial charge is 0.369 e. The standard InChI is InChI=1S/C13H15NO2/c1-9(2)7-8-14-12(15)10-5-3-4-6-11(10)13(14)16/h3-6,12,15H,1,7-8H2,2H3. The quantitative estimate of drug-likeness (QED) is 0.788. The van der Waals surface area contributed by atoms with Crippen molar-refractivity contribution < 1.29 is 9.90 Å². The number of amides is 1. The molecule has 0 bridgehead atoms. The molecule has 1 aromatic rings. The predicted molar refractivity (Wildman–Crippen MR) is 61.9 cm³/mol. The Morgan fingerprint density at radius 1 is 1.50 bits per heavy atom. The van der Waals surface area contributed by atoms with Gasteiger partial charge in [-0.2, -0.15) is 0 Å². The molecular weight excluding hydrogens is 202 g/mol. The number of hydrogen-bond donors (Lipinski definition) is 1. The van der Waals surface area contributed by atoms with E-state index in [9.17, 15) is 9.90 Å². The zero-order chi connectivity index (χ0) is 11.7. The highest BCUT2D eigenvalue weighted by atomic mass is 16.3. The van der Waals surface area contributed by atoms with Gasteiger partial charge in [-0.15, -0.1) is 6.58 Å². The second-order valence-corrected chi connectivity index (χ2v) is 4.17. The Labute approximate surface area is 95.0 Å². The summed E-state index contributed by atoms with van der Waals surface area (Å²) in [6.45, 7) is 6.23. The van der Waals surface area contributed by atoms with Crippen LogP contribution < -0.4 is 0 Å². The van der Waals surface area contributed by atoms with Gasteiger partial charge in [0.2, 0.25) is 0 Å². The Balaban J connectivity index is 2.21. The molecule has 84 valence electrons. The second-order valence-electron chi connectivity index (χ2n) is 4.17. The van der Waals surface area contributed by atoms with E-state index in [2.05, 4.69) is 6.58 Å². The average molecular weight is 217 g/mol. The first-order chi connectivity index (χ1) is 7.61. The van der Waals surface area contributed by atoms with Gasteiger partial charge >= 0.3 is 0 Å². The summed E-state index contributed by atoms with van der Waals surface area (Å²) in [6, 6.07) is 7.18. The summed E-state index contributed by atoms with van der Waals surface area (Å²) < 4.78 is 0. The van der Waals surface area contributed by atoms with Crippen LogP contribution in [0.4, 0.5) is 0 Å². The van der Waals surface area contributed by atoms with Crippen LogP contribution in [-0.4, -0.2) is 22.5 Å². The summed E-state index contributed by atoms with van der Waals surface area (Å²) in [5, 5.41) is 10.00. The van der Waals surface area contributed by atoms with Crippen LogP contribution >= 0.6 is 0 Å². The third kappa shape index (κ3) is 1.74. The molecule has 0 fully saturated rings. The molecule has 1 aliphatic heterocycles. The van der Waals surface area contributed by atoms with Crippen LogP contribution in [0, 0.1) is 0 Å². The SMILES string of the molecule is C=C(C)CCN1C(=O)c2ccccc2C1O. The van der Waals surface area contributed by atoms with E-state index >= 15 is 0 Å². The smallest absolute Gasteiger partial charge is 0.256 e. The molecule has 2 rings (SSSR count). The first-order valence-corrected chi connectivity index (χ1v) is 5.33. The molecule has 0 saturated carbocycles. The number of carbonyl (C=O) groups is 1. The number of aliphatic hydroxyl groups excluding tert-OH is 1. The molecule has 0 radical (unpaired) electrons. The van der Waals surface area contributed by atoms with E-state index in [0.717, 1.165) is 12.0 Å². The summed E-state index contributed by atoms with van der Waals surface area (Å²) in [6.07, 6.45) is -0.0837. The van der Waals surface area contributed by atoms with E-state index in [1.807, 2.05) is 19.1 Å². The Hall–Kier alpha value is -1.61. The number of benzene rings is 1. The highest BCUT2D eigenvalue weighted by Gasteiger charge is 2.34. The minimum atomic E-state index is -0.803. The fourth-order valence-electron chi connectivity index (χ4n) is 1.89. The maximum Gasteiger partial charge on any atom is 0.256 e. The van der Waals surface area contributed by atoms with E-state index in [1.165, 1.54) is 4.90 Å². The number of hydrogen-bond acceptors (Lipinski definition) is 2. The van der Waals surface area contributed by atoms with E-state index in [4.69, 9.17) is 0 Å². The van der Waals surface area contributed by atoms with Gasteiger partial charge in [0.05, 0.1) is 0 Å². The van der Waals surface area contributed by atoms with E-state index in [0.29, 0.717) is 17.7 Å². The van der Waals surface area contributed by atoms with Gasteiger partial charge in [0.1, 0.15) is 0 Å². The lowest BCUT2D eigenvalue weighted by molar-refractivity contribution is 0.0183. The molecule has 1 heterocycles. The highest BCUT2D eigenvalue weighted by Crippen LogP contribution is 2.31. The molecule has 1 amide bonds. The molecule has 3 nitrogen and oxygen atoms in total. The summed E-state index contributed by atoms with van der Waals surface area (Å²) in [7, 11) is 0. The monoisotopic (exact) mass is 217 g/mol. The number of fused-ring (bicyclic) bond motifs is 1. The first-order valence-electron chi connectivity index (χ1n) is 5.33. The van der Waals surface area contributed by atoms with Crippen LogP contribution in [0.15, 0.2) is 36.4 Å². The summed E-state index contributed by atoms with van der Waals surface area (Å²) >= 11 is 0. The van der Waals surface area contributed by atoms with E-state index in [-0.39, 0.29) is 5.91 Å². The molecule has 0 aromatic heterocycles. The van der Waals surface area contributed by atoms with Crippen molar-refractivity contribution >= 4 is 5.91 Å². The van der Waals surface area contributed by atoms with Crippen LogP contribution in [0.2, 0.25) is 0 Å². The van der Waals surface area contributed by atoms with Gasteiger partial charge < -0.3 is 10.0 Å². The van der Waals surface area contributed by atoms with Crippen molar-refractivity contribution in [1.82, 2.24) is 4.90 Å². The van der Waals surface area contributed by atoms with Crippen molar-refractivity contribution in [3.05, 3.63) is 47.5 Å². The summed E-state index contributed by atoms with van der Waals surface area (Å²) in [4.78, 5) is 13.4. The maximum atomic E-state index is 12.0. The Bertz CT molecular complexity index is 439. The van der Waals surface area contributed by atoms with Gasteiger partial charge in [0.25, 0.3) is 5.91 Å². The average Bonchev–Trinajstić information content (AvgIpc) is 2.50. The van der Waals surface area contributed by atoms with Crippen LogP contribution in [0.25, 0.3) is 0 Å². The molecule has 3 heteroatoms. The fourth-order valence-corrected chi connectivity index (χ4v) is 1.89. The Kier molecular flexibility index (Phi) is 2.79. The lowest BCUT2D eigenvalue weighted by Gasteiger charge is -2.20. The van der Waals surface area contributed by atoms with Crippen molar-refractivity contribution in [1.29, 1.82) is 0 Å². The Morgan fingerprint density at radius 2 is 2.19 bits per heavy atom. The number of nitrogens with zero attached hydrogens (tertiary/aromatic N) is 1. The fraction of sp³-hybridized carbons (Fsp3) is 0.308. The zero-order valence-corrected chi connectivity index (χ0v) is 9.31. The van der Waals surface area contributed by atoms with Crippen LogP contribution in [0.5, 0.6) is 0 Å². The minimum Gasteiger partial charge on any atom is -0.369 e. The topological polar surface area (TPSA) is 40.5 Å². The molecule has 1 N–H and O–H groups in total. The normalized spacial score (nSPS) is 18.8. The third-order valence-electron chi connectivity index (χ3n) is 2.80. The molecule has 1 aromatic carbocycles. The molecule has 0 saturated heterocycles. The predicted octanol–water partition coefficient (Wildman–Crippen LogP) is 2.10. The zero-order valence-electron chi connectivity index (χ0n) is 9.31. The van der Waals surface area contributed by atoms with E-state index < -0.39 is 6.23 Å². The van der Waals surface area contributed by atoms with Gasteiger partial charge in [-0.3, -0.25) is 4.79 Å². The molecule has 1 unspecified atom stereocenters. The highest BCUT2D eigenvalue weighted by molar-refractivity contribution is 5.98. The number of carbonyl (C=O) groups excluding carboxylic acids is 1.